The molecule has 0 aliphatic heterocycles. The van der Waals surface area contributed by atoms with Gasteiger partial charge in [-0.15, -0.1) is 0 Å². The topological polar surface area (TPSA) is 66.8 Å². The fourth-order valence-corrected chi connectivity index (χ4v) is 4.89. The van der Waals surface area contributed by atoms with E-state index in [-0.39, 0.29) is 29.1 Å². The Kier molecular flexibility index (Phi) is 4.91. The second kappa shape index (κ2) is 6.73. The van der Waals surface area contributed by atoms with Gasteiger partial charge in [-0.05, 0) is 61.8 Å². The van der Waals surface area contributed by atoms with Gasteiger partial charge in [-0.3, -0.25) is 0 Å². The van der Waals surface area contributed by atoms with Gasteiger partial charge in [0.2, 0.25) is 0 Å². The minimum Gasteiger partial charge on any atom is -0.508 e. The van der Waals surface area contributed by atoms with Crippen molar-refractivity contribution in [2.75, 3.05) is 0 Å². The van der Waals surface area contributed by atoms with E-state index in [9.17, 15) is 15.0 Å². The van der Waals surface area contributed by atoms with Crippen LogP contribution >= 0.6 is 0 Å². The van der Waals surface area contributed by atoms with Crippen molar-refractivity contribution in [2.24, 2.45) is 17.3 Å². The normalized spacial score (nSPS) is 34.2. The summed E-state index contributed by atoms with van der Waals surface area (Å²) in [6, 6.07) is 6.11. The molecule has 0 aromatic heterocycles. The Morgan fingerprint density at radius 3 is 2.50 bits per heavy atom. The van der Waals surface area contributed by atoms with Gasteiger partial charge in [-0.25, -0.2) is 4.79 Å². The van der Waals surface area contributed by atoms with Crippen molar-refractivity contribution in [2.45, 2.75) is 65.1 Å². The number of aliphatic hydroxyl groups is 1. The van der Waals surface area contributed by atoms with Gasteiger partial charge in [-0.1, -0.05) is 32.4 Å². The van der Waals surface area contributed by atoms with Gasteiger partial charge < -0.3 is 14.9 Å². The molecule has 4 heteroatoms. The highest BCUT2D eigenvalue weighted by Crippen LogP contribution is 2.58. The highest BCUT2D eigenvalue weighted by molar-refractivity contribution is 5.89. The van der Waals surface area contributed by atoms with Crippen LogP contribution in [0.5, 0.6) is 5.75 Å². The van der Waals surface area contributed by atoms with Crippen LogP contribution in [-0.2, 0) is 4.74 Å². The Morgan fingerprint density at radius 1 is 1.23 bits per heavy atom. The molecule has 142 valence electrons. The largest absolute Gasteiger partial charge is 0.508 e. The fourth-order valence-electron chi connectivity index (χ4n) is 4.89. The molecule has 0 spiro atoms. The molecule has 0 saturated heterocycles. The lowest BCUT2D eigenvalue weighted by atomic mass is 9.67. The van der Waals surface area contributed by atoms with E-state index in [4.69, 9.17) is 4.74 Å². The zero-order valence-corrected chi connectivity index (χ0v) is 16.2. The number of ether oxygens (including phenoxy) is 1. The molecule has 4 nitrogen and oxygen atoms in total. The summed E-state index contributed by atoms with van der Waals surface area (Å²) in [5, 5.41) is 20.9. The summed E-state index contributed by atoms with van der Waals surface area (Å²) in [7, 11) is 0. The molecular weight excluding hydrogens is 328 g/mol. The zero-order chi connectivity index (χ0) is 19.1. The summed E-state index contributed by atoms with van der Waals surface area (Å²) in [4.78, 5) is 12.7. The van der Waals surface area contributed by atoms with Crippen molar-refractivity contribution < 1.29 is 19.7 Å². The first kappa shape index (κ1) is 19.0. The van der Waals surface area contributed by atoms with E-state index in [1.54, 1.807) is 12.1 Å². The third-order valence-corrected chi connectivity index (χ3v) is 6.56. The van der Waals surface area contributed by atoms with Crippen LogP contribution in [0.3, 0.4) is 0 Å². The van der Waals surface area contributed by atoms with E-state index >= 15 is 0 Å². The molecule has 0 bridgehead atoms. The maximum Gasteiger partial charge on any atom is 0.338 e. The summed E-state index contributed by atoms with van der Waals surface area (Å²) in [5.41, 5.74) is 0.723. The summed E-state index contributed by atoms with van der Waals surface area (Å²) < 4.78 is 5.97. The van der Waals surface area contributed by atoms with E-state index in [1.165, 1.54) is 17.7 Å². The lowest BCUT2D eigenvalue weighted by Crippen LogP contribution is -2.50. The molecule has 0 radical (unpaired) electrons. The highest BCUT2D eigenvalue weighted by atomic mass is 16.5. The summed E-state index contributed by atoms with van der Waals surface area (Å²) in [6.45, 7) is 8.39. The summed E-state index contributed by atoms with van der Waals surface area (Å²) in [6.07, 6.45) is 5.13. The van der Waals surface area contributed by atoms with Crippen molar-refractivity contribution in [1.82, 2.24) is 0 Å². The monoisotopic (exact) mass is 358 g/mol. The minimum absolute atomic E-state index is 0.0727. The SMILES string of the molecule is CC1=CC[C@]2(C)CC[C@](O)(C(C)C)[C@@H]2[C@H](OC(=O)c2ccc(O)cc2)C1. The number of esters is 1. The second-order valence-electron chi connectivity index (χ2n) is 8.73. The van der Waals surface area contributed by atoms with Crippen LogP contribution in [0.25, 0.3) is 0 Å². The Bertz CT molecular complexity index is 705. The molecule has 0 heterocycles. The van der Waals surface area contributed by atoms with Gasteiger partial charge >= 0.3 is 5.97 Å². The molecule has 1 saturated carbocycles. The van der Waals surface area contributed by atoms with Gasteiger partial charge in [0.05, 0.1) is 11.2 Å². The number of fused-ring (bicyclic) bond motifs is 1. The van der Waals surface area contributed by atoms with Crippen molar-refractivity contribution in [1.29, 1.82) is 0 Å². The number of phenols is 1. The Hall–Kier alpha value is -1.81. The third kappa shape index (κ3) is 3.27. The molecule has 2 N–H and O–H groups in total. The lowest BCUT2D eigenvalue weighted by molar-refractivity contribution is -0.112. The maximum atomic E-state index is 12.7. The predicted octanol–water partition coefficient (Wildman–Crippen LogP) is 4.46. The first-order valence-electron chi connectivity index (χ1n) is 9.54. The van der Waals surface area contributed by atoms with Crippen LogP contribution in [0.2, 0.25) is 0 Å². The maximum absolute atomic E-state index is 12.7. The van der Waals surface area contributed by atoms with E-state index in [0.29, 0.717) is 12.0 Å². The molecule has 1 fully saturated rings. The number of carbonyl (C=O) groups excluding carboxylic acids is 1. The molecule has 0 unspecified atom stereocenters. The first-order valence-corrected chi connectivity index (χ1v) is 9.54. The average Bonchev–Trinajstić information content (AvgIpc) is 2.78. The number of aromatic hydroxyl groups is 1. The van der Waals surface area contributed by atoms with Crippen LogP contribution in [0.4, 0.5) is 0 Å². The minimum atomic E-state index is -0.826. The van der Waals surface area contributed by atoms with E-state index < -0.39 is 11.6 Å². The molecule has 1 aromatic rings. The molecule has 26 heavy (non-hydrogen) atoms. The predicted molar refractivity (Wildman–Crippen MR) is 101 cm³/mol. The van der Waals surface area contributed by atoms with Gasteiger partial charge in [0.15, 0.2) is 0 Å². The van der Waals surface area contributed by atoms with Crippen LogP contribution in [0, 0.1) is 17.3 Å². The van der Waals surface area contributed by atoms with Crippen molar-refractivity contribution in [3.63, 3.8) is 0 Å². The van der Waals surface area contributed by atoms with Crippen LogP contribution in [0.15, 0.2) is 35.9 Å². The first-order chi connectivity index (χ1) is 12.2. The van der Waals surface area contributed by atoms with Gasteiger partial charge in [0.25, 0.3) is 0 Å². The number of hydrogen-bond acceptors (Lipinski definition) is 4. The standard InChI is InChI=1S/C22H30O4/c1-14(2)22(25)12-11-21(4)10-9-15(3)13-18(19(21)22)26-20(24)16-5-7-17(23)8-6-16/h5-9,14,18-19,23,25H,10-13H2,1-4H3/t18-,19-,21-,22+/m1/s1. The molecule has 3 rings (SSSR count). The van der Waals surface area contributed by atoms with Gasteiger partial charge in [-0.2, -0.15) is 0 Å². The zero-order valence-electron chi connectivity index (χ0n) is 16.2. The average molecular weight is 358 g/mol. The van der Waals surface area contributed by atoms with E-state index in [0.717, 1.165) is 19.3 Å². The van der Waals surface area contributed by atoms with Crippen molar-refractivity contribution >= 4 is 5.97 Å². The van der Waals surface area contributed by atoms with Gasteiger partial charge in [0, 0.05) is 12.3 Å². The number of benzene rings is 1. The molecule has 0 amide bonds. The van der Waals surface area contributed by atoms with E-state index in [2.05, 4.69) is 33.8 Å². The van der Waals surface area contributed by atoms with Crippen LogP contribution in [-0.4, -0.2) is 27.9 Å². The van der Waals surface area contributed by atoms with Crippen LogP contribution < -0.4 is 0 Å². The second-order valence-corrected chi connectivity index (χ2v) is 8.73. The fraction of sp³-hybridized carbons (Fsp3) is 0.591. The Labute approximate surface area is 155 Å². The smallest absolute Gasteiger partial charge is 0.338 e. The Morgan fingerprint density at radius 2 is 1.88 bits per heavy atom. The Balaban J connectivity index is 1.92. The number of allylic oxidation sites excluding steroid dienone is 1. The molecule has 2 aliphatic carbocycles. The highest BCUT2D eigenvalue weighted by Gasteiger charge is 2.59. The van der Waals surface area contributed by atoms with Crippen molar-refractivity contribution in [3.8, 4) is 5.75 Å². The summed E-state index contributed by atoms with van der Waals surface area (Å²) >= 11 is 0. The van der Waals surface area contributed by atoms with Crippen molar-refractivity contribution in [3.05, 3.63) is 41.5 Å². The quantitative estimate of drug-likeness (QED) is 0.618. The molecular formula is C22H30O4. The third-order valence-electron chi connectivity index (χ3n) is 6.56. The molecule has 1 aromatic carbocycles. The molecule has 2 aliphatic rings. The van der Waals surface area contributed by atoms with E-state index in [1.807, 2.05) is 0 Å². The van der Waals surface area contributed by atoms with Gasteiger partial charge in [0.1, 0.15) is 11.9 Å². The number of carbonyl (C=O) groups is 1. The summed E-state index contributed by atoms with van der Waals surface area (Å²) in [5.74, 6) is -0.273. The van der Waals surface area contributed by atoms with Crippen LogP contribution in [0.1, 0.15) is 63.7 Å². The number of rotatable bonds is 3. The number of phenolic OH excluding ortho intramolecular Hbond substituents is 1. The lowest BCUT2D eigenvalue weighted by Gasteiger charge is -2.43. The molecule has 4 atom stereocenters. The number of hydrogen-bond donors (Lipinski definition) is 2.